The van der Waals surface area contributed by atoms with Gasteiger partial charge in [-0.1, -0.05) is 22.0 Å². The Bertz CT molecular complexity index is 338. The van der Waals surface area contributed by atoms with Crippen molar-refractivity contribution in [2.45, 2.75) is 19.0 Å². The summed E-state index contributed by atoms with van der Waals surface area (Å²) in [7, 11) is 0. The Balaban J connectivity index is 2.17. The smallest absolute Gasteiger partial charge is 0.127 e. The number of anilines is 1. The second-order valence-electron chi connectivity index (χ2n) is 4.06. The fourth-order valence-electron chi connectivity index (χ4n) is 1.82. The van der Waals surface area contributed by atoms with E-state index < -0.39 is 5.67 Å². The predicted octanol–water partition coefficient (Wildman–Crippen LogP) is 3.39. The highest BCUT2D eigenvalue weighted by Gasteiger charge is 2.33. The van der Waals surface area contributed by atoms with Gasteiger partial charge in [-0.25, -0.2) is 4.39 Å². The fraction of sp³-hybridized carbons (Fsp3) is 0.455. The van der Waals surface area contributed by atoms with E-state index in [4.69, 9.17) is 0 Å². The highest BCUT2D eigenvalue weighted by molar-refractivity contribution is 9.10. The van der Waals surface area contributed by atoms with Gasteiger partial charge in [-0.2, -0.15) is 0 Å². The molecule has 1 heterocycles. The molecule has 1 saturated heterocycles. The van der Waals surface area contributed by atoms with Crippen molar-refractivity contribution in [1.82, 2.24) is 0 Å². The van der Waals surface area contributed by atoms with Crippen molar-refractivity contribution in [3.63, 3.8) is 0 Å². The Labute approximate surface area is 92.0 Å². The summed E-state index contributed by atoms with van der Waals surface area (Å²) in [6.45, 7) is 2.98. The molecule has 0 amide bonds. The molecule has 0 bridgehead atoms. The van der Waals surface area contributed by atoms with Crippen molar-refractivity contribution in [2.75, 3.05) is 18.0 Å². The molecule has 0 aromatic heterocycles. The van der Waals surface area contributed by atoms with Crippen molar-refractivity contribution in [3.05, 3.63) is 28.7 Å². The molecule has 1 aromatic rings. The van der Waals surface area contributed by atoms with E-state index in [1.165, 1.54) is 0 Å². The number of hydrogen-bond donors (Lipinski definition) is 0. The van der Waals surface area contributed by atoms with E-state index in [1.54, 1.807) is 6.92 Å². The van der Waals surface area contributed by atoms with Crippen LogP contribution in [0.4, 0.5) is 10.1 Å². The minimum atomic E-state index is -1.03. The molecule has 0 spiro atoms. The molecule has 76 valence electrons. The van der Waals surface area contributed by atoms with Crippen molar-refractivity contribution in [3.8, 4) is 0 Å². The van der Waals surface area contributed by atoms with E-state index >= 15 is 0 Å². The van der Waals surface area contributed by atoms with E-state index in [2.05, 4.69) is 20.8 Å². The number of benzene rings is 1. The Hall–Kier alpha value is -0.570. The average molecular weight is 258 g/mol. The molecule has 0 saturated carbocycles. The maximum Gasteiger partial charge on any atom is 0.127 e. The summed E-state index contributed by atoms with van der Waals surface area (Å²) in [6.07, 6.45) is 0.625. The molecule has 0 N–H and O–H groups in total. The molecule has 1 unspecified atom stereocenters. The first kappa shape index (κ1) is 9.97. The van der Waals surface area contributed by atoms with Gasteiger partial charge >= 0.3 is 0 Å². The van der Waals surface area contributed by atoms with Crippen LogP contribution in [0.2, 0.25) is 0 Å². The molecule has 1 fully saturated rings. The number of halogens is 2. The average Bonchev–Trinajstić information content (AvgIpc) is 2.46. The first-order chi connectivity index (χ1) is 6.57. The lowest BCUT2D eigenvalue weighted by atomic mass is 10.1. The summed E-state index contributed by atoms with van der Waals surface area (Å²) in [5, 5.41) is 0. The molecule has 1 aromatic carbocycles. The van der Waals surface area contributed by atoms with E-state index in [-0.39, 0.29) is 0 Å². The quantitative estimate of drug-likeness (QED) is 0.746. The molecule has 1 aliphatic rings. The summed E-state index contributed by atoms with van der Waals surface area (Å²) in [4.78, 5) is 2.09. The van der Waals surface area contributed by atoms with Crippen LogP contribution < -0.4 is 4.90 Å². The lowest BCUT2D eigenvalue weighted by molar-refractivity contribution is 0.221. The van der Waals surface area contributed by atoms with Crippen LogP contribution in [0, 0.1) is 0 Å². The molecular formula is C11H13BrFN. The summed E-state index contributed by atoms with van der Waals surface area (Å²) in [5.74, 6) is 0. The number of alkyl halides is 1. The van der Waals surface area contributed by atoms with Crippen molar-refractivity contribution in [2.24, 2.45) is 0 Å². The summed E-state index contributed by atoms with van der Waals surface area (Å²) in [6, 6.07) is 8.01. The van der Waals surface area contributed by atoms with Gasteiger partial charge in [0.05, 0.1) is 6.54 Å². The predicted molar refractivity (Wildman–Crippen MR) is 60.5 cm³/mol. The van der Waals surface area contributed by atoms with Gasteiger partial charge in [0.15, 0.2) is 0 Å². The van der Waals surface area contributed by atoms with Crippen molar-refractivity contribution >= 4 is 21.6 Å². The van der Waals surface area contributed by atoms with Crippen LogP contribution in [-0.2, 0) is 0 Å². The Morgan fingerprint density at radius 2 is 2.29 bits per heavy atom. The largest absolute Gasteiger partial charge is 0.368 e. The van der Waals surface area contributed by atoms with Crippen LogP contribution in [0.15, 0.2) is 28.7 Å². The number of rotatable bonds is 1. The van der Waals surface area contributed by atoms with Crippen LogP contribution in [-0.4, -0.2) is 18.8 Å². The lowest BCUT2D eigenvalue weighted by Crippen LogP contribution is -2.25. The standard InChI is InChI=1S/C11H13BrFN/c1-11(13)5-6-14(8-11)10-4-2-3-9(12)7-10/h2-4,7H,5-6,8H2,1H3. The normalized spacial score (nSPS) is 26.9. The zero-order chi connectivity index (χ0) is 10.2. The third-order valence-electron chi connectivity index (χ3n) is 2.60. The van der Waals surface area contributed by atoms with Crippen LogP contribution >= 0.6 is 15.9 Å². The minimum Gasteiger partial charge on any atom is -0.368 e. The Kier molecular flexibility index (Phi) is 2.52. The Morgan fingerprint density at radius 3 is 2.86 bits per heavy atom. The molecule has 14 heavy (non-hydrogen) atoms. The fourth-order valence-corrected chi connectivity index (χ4v) is 2.20. The number of nitrogens with zero attached hydrogens (tertiary/aromatic N) is 1. The van der Waals surface area contributed by atoms with E-state index in [0.717, 1.165) is 16.7 Å². The summed E-state index contributed by atoms with van der Waals surface area (Å²) in [5.41, 5.74) is 0.0724. The maximum atomic E-state index is 13.6. The van der Waals surface area contributed by atoms with Gasteiger partial charge in [0.1, 0.15) is 5.67 Å². The zero-order valence-electron chi connectivity index (χ0n) is 8.13. The van der Waals surface area contributed by atoms with Crippen molar-refractivity contribution in [1.29, 1.82) is 0 Å². The van der Waals surface area contributed by atoms with Crippen molar-refractivity contribution < 1.29 is 4.39 Å². The summed E-state index contributed by atoms with van der Waals surface area (Å²) < 4.78 is 14.6. The molecule has 0 aliphatic carbocycles. The van der Waals surface area contributed by atoms with Crippen LogP contribution in [0.25, 0.3) is 0 Å². The summed E-state index contributed by atoms with van der Waals surface area (Å²) >= 11 is 3.42. The van der Waals surface area contributed by atoms with Gasteiger partial charge < -0.3 is 4.90 Å². The topological polar surface area (TPSA) is 3.24 Å². The van der Waals surface area contributed by atoms with Crippen LogP contribution in [0.1, 0.15) is 13.3 Å². The molecule has 1 nitrogen and oxygen atoms in total. The monoisotopic (exact) mass is 257 g/mol. The van der Waals surface area contributed by atoms with Gasteiger partial charge in [-0.15, -0.1) is 0 Å². The first-order valence-corrected chi connectivity index (χ1v) is 5.56. The molecule has 1 atom stereocenters. The maximum absolute atomic E-state index is 13.6. The highest BCUT2D eigenvalue weighted by atomic mass is 79.9. The third-order valence-corrected chi connectivity index (χ3v) is 3.09. The van der Waals surface area contributed by atoms with E-state index in [0.29, 0.717) is 13.0 Å². The molecule has 2 rings (SSSR count). The van der Waals surface area contributed by atoms with Crippen LogP contribution in [0.5, 0.6) is 0 Å². The first-order valence-electron chi connectivity index (χ1n) is 4.76. The van der Waals surface area contributed by atoms with Gasteiger partial charge in [0.25, 0.3) is 0 Å². The lowest BCUT2D eigenvalue weighted by Gasteiger charge is -2.19. The second kappa shape index (κ2) is 3.54. The molecule has 0 radical (unpaired) electrons. The second-order valence-corrected chi connectivity index (χ2v) is 4.98. The highest BCUT2D eigenvalue weighted by Crippen LogP contribution is 2.30. The zero-order valence-corrected chi connectivity index (χ0v) is 9.72. The molecule has 1 aliphatic heterocycles. The molecular weight excluding hydrogens is 245 g/mol. The van der Waals surface area contributed by atoms with E-state index in [1.807, 2.05) is 24.3 Å². The van der Waals surface area contributed by atoms with Gasteiger partial charge in [0, 0.05) is 23.1 Å². The van der Waals surface area contributed by atoms with E-state index in [9.17, 15) is 4.39 Å². The molecule has 3 heteroatoms. The van der Waals surface area contributed by atoms with Crippen LogP contribution in [0.3, 0.4) is 0 Å². The van der Waals surface area contributed by atoms with Gasteiger partial charge in [-0.05, 0) is 25.1 Å². The minimum absolute atomic E-state index is 0.503. The van der Waals surface area contributed by atoms with Gasteiger partial charge in [0.2, 0.25) is 0 Å². The number of hydrogen-bond acceptors (Lipinski definition) is 1. The third kappa shape index (κ3) is 2.08. The Morgan fingerprint density at radius 1 is 1.50 bits per heavy atom. The SMILES string of the molecule is CC1(F)CCN(c2cccc(Br)c2)C1. The van der Waals surface area contributed by atoms with Gasteiger partial charge in [-0.3, -0.25) is 0 Å².